The van der Waals surface area contributed by atoms with Crippen molar-refractivity contribution in [2.75, 3.05) is 31.3 Å². The third kappa shape index (κ3) is 5.09. The summed E-state index contributed by atoms with van der Waals surface area (Å²) in [6, 6.07) is 14.9. The number of amides is 2. The van der Waals surface area contributed by atoms with E-state index < -0.39 is 0 Å². The predicted molar refractivity (Wildman–Crippen MR) is 107 cm³/mol. The summed E-state index contributed by atoms with van der Waals surface area (Å²) in [5.74, 6) is -0.205. The van der Waals surface area contributed by atoms with Crippen molar-refractivity contribution >= 4 is 23.2 Å². The zero-order chi connectivity index (χ0) is 19.3. The normalized spacial score (nSPS) is 11.0. The second-order valence-corrected chi connectivity index (χ2v) is 7.47. The first-order valence-corrected chi connectivity index (χ1v) is 8.63. The molecule has 0 fully saturated rings. The van der Waals surface area contributed by atoms with Crippen molar-refractivity contribution in [2.45, 2.75) is 26.2 Å². The highest BCUT2D eigenvalue weighted by atomic mass is 16.2. The molecular formula is C21H27N3O2. The first-order valence-electron chi connectivity index (χ1n) is 8.63. The van der Waals surface area contributed by atoms with Crippen molar-refractivity contribution in [3.63, 3.8) is 0 Å². The summed E-state index contributed by atoms with van der Waals surface area (Å²) >= 11 is 0. The first-order chi connectivity index (χ1) is 12.2. The zero-order valence-corrected chi connectivity index (χ0v) is 16.1. The molecule has 0 bridgehead atoms. The van der Waals surface area contributed by atoms with E-state index >= 15 is 0 Å². The Hall–Kier alpha value is -2.82. The van der Waals surface area contributed by atoms with Gasteiger partial charge in [-0.1, -0.05) is 39.0 Å². The van der Waals surface area contributed by atoms with Gasteiger partial charge in [0.25, 0.3) is 5.91 Å². The molecule has 0 saturated carbocycles. The lowest BCUT2D eigenvalue weighted by Gasteiger charge is -2.23. The molecule has 0 aliphatic heterocycles. The molecule has 5 heteroatoms. The third-order valence-electron chi connectivity index (χ3n) is 4.00. The summed E-state index contributed by atoms with van der Waals surface area (Å²) in [5.41, 5.74) is 3.37. The standard InChI is InChI=1S/C21H27N3O2/c1-21(2,3)17-8-6-7-9-18(17)22-14-19(25)23-16-12-10-15(11-13-16)20(26)24(4)5/h6-13,22H,14H2,1-5H3,(H,23,25). The molecule has 0 aliphatic rings. The van der Waals surface area contributed by atoms with E-state index in [9.17, 15) is 9.59 Å². The van der Waals surface area contributed by atoms with Gasteiger partial charge in [0.1, 0.15) is 0 Å². The van der Waals surface area contributed by atoms with Gasteiger partial charge < -0.3 is 15.5 Å². The Bertz CT molecular complexity index is 775. The fraction of sp³-hybridized carbons (Fsp3) is 0.333. The van der Waals surface area contributed by atoms with Crippen molar-refractivity contribution in [1.82, 2.24) is 4.90 Å². The van der Waals surface area contributed by atoms with Gasteiger partial charge in [0.15, 0.2) is 0 Å². The molecule has 0 unspecified atom stereocenters. The highest BCUT2D eigenvalue weighted by Crippen LogP contribution is 2.29. The molecular weight excluding hydrogens is 326 g/mol. The van der Waals surface area contributed by atoms with Crippen molar-refractivity contribution < 1.29 is 9.59 Å². The average Bonchev–Trinajstić information content (AvgIpc) is 2.59. The molecule has 26 heavy (non-hydrogen) atoms. The van der Waals surface area contributed by atoms with E-state index in [0.717, 1.165) is 5.69 Å². The van der Waals surface area contributed by atoms with Gasteiger partial charge in [0, 0.05) is 31.0 Å². The molecule has 0 spiro atoms. The molecule has 138 valence electrons. The number of para-hydroxylation sites is 1. The SMILES string of the molecule is CN(C)C(=O)c1ccc(NC(=O)CNc2ccccc2C(C)(C)C)cc1. The van der Waals surface area contributed by atoms with Crippen molar-refractivity contribution in [1.29, 1.82) is 0 Å². The minimum absolute atomic E-state index is 0.00508. The molecule has 0 atom stereocenters. The van der Waals surface area contributed by atoms with E-state index in [1.807, 2.05) is 18.2 Å². The van der Waals surface area contributed by atoms with Crippen LogP contribution >= 0.6 is 0 Å². The number of anilines is 2. The quantitative estimate of drug-likeness (QED) is 0.861. The number of carbonyl (C=O) groups excluding carboxylic acids is 2. The number of carbonyl (C=O) groups is 2. The fourth-order valence-corrected chi connectivity index (χ4v) is 2.63. The molecule has 5 nitrogen and oxygen atoms in total. The number of hydrogen-bond acceptors (Lipinski definition) is 3. The van der Waals surface area contributed by atoms with Gasteiger partial charge in [-0.05, 0) is 41.3 Å². The molecule has 2 N–H and O–H groups in total. The van der Waals surface area contributed by atoms with Crippen LogP contribution in [0.15, 0.2) is 48.5 Å². The van der Waals surface area contributed by atoms with E-state index in [2.05, 4.69) is 37.5 Å². The van der Waals surface area contributed by atoms with E-state index in [0.29, 0.717) is 11.3 Å². The fourth-order valence-electron chi connectivity index (χ4n) is 2.63. The van der Waals surface area contributed by atoms with Crippen LogP contribution in [-0.2, 0) is 10.2 Å². The summed E-state index contributed by atoms with van der Waals surface area (Å²) in [4.78, 5) is 25.6. The molecule has 0 heterocycles. The van der Waals surface area contributed by atoms with Crippen LogP contribution in [0.4, 0.5) is 11.4 Å². The van der Waals surface area contributed by atoms with Crippen LogP contribution < -0.4 is 10.6 Å². The second-order valence-electron chi connectivity index (χ2n) is 7.47. The number of rotatable bonds is 5. The molecule has 0 saturated heterocycles. The summed E-state index contributed by atoms with van der Waals surface area (Å²) in [7, 11) is 3.41. The molecule has 2 amide bonds. The predicted octanol–water partition coefficient (Wildman–Crippen LogP) is 3.74. The van der Waals surface area contributed by atoms with Gasteiger partial charge in [-0.3, -0.25) is 9.59 Å². The van der Waals surface area contributed by atoms with E-state index in [1.165, 1.54) is 10.5 Å². The lowest BCUT2D eigenvalue weighted by molar-refractivity contribution is -0.114. The number of nitrogens with zero attached hydrogens (tertiary/aromatic N) is 1. The Morgan fingerprint density at radius 1 is 0.962 bits per heavy atom. The Morgan fingerprint density at radius 3 is 2.15 bits per heavy atom. The highest BCUT2D eigenvalue weighted by Gasteiger charge is 2.17. The Kier molecular flexibility index (Phi) is 6.03. The zero-order valence-electron chi connectivity index (χ0n) is 16.1. The molecule has 0 aliphatic carbocycles. The minimum Gasteiger partial charge on any atom is -0.376 e. The Labute approximate surface area is 155 Å². The van der Waals surface area contributed by atoms with Crippen LogP contribution in [0.2, 0.25) is 0 Å². The van der Waals surface area contributed by atoms with Crippen LogP contribution in [0.5, 0.6) is 0 Å². The van der Waals surface area contributed by atoms with E-state index in [1.54, 1.807) is 38.4 Å². The summed E-state index contributed by atoms with van der Waals surface area (Å²) in [6.45, 7) is 6.60. The van der Waals surface area contributed by atoms with Gasteiger partial charge in [0.2, 0.25) is 5.91 Å². The lowest BCUT2D eigenvalue weighted by atomic mass is 9.86. The lowest BCUT2D eigenvalue weighted by Crippen LogP contribution is -2.24. The number of hydrogen-bond donors (Lipinski definition) is 2. The smallest absolute Gasteiger partial charge is 0.253 e. The summed E-state index contributed by atoms with van der Waals surface area (Å²) in [5, 5.41) is 6.05. The van der Waals surface area contributed by atoms with Crippen molar-refractivity contribution in [2.24, 2.45) is 0 Å². The minimum atomic E-state index is -0.139. The average molecular weight is 353 g/mol. The van der Waals surface area contributed by atoms with Gasteiger partial charge in [-0.25, -0.2) is 0 Å². The van der Waals surface area contributed by atoms with Gasteiger partial charge in [0.05, 0.1) is 6.54 Å². The van der Waals surface area contributed by atoms with Crippen LogP contribution in [0.3, 0.4) is 0 Å². The molecule has 2 aromatic rings. The molecule has 0 aromatic heterocycles. The first kappa shape index (κ1) is 19.5. The van der Waals surface area contributed by atoms with Crippen LogP contribution in [-0.4, -0.2) is 37.4 Å². The third-order valence-corrected chi connectivity index (χ3v) is 4.00. The van der Waals surface area contributed by atoms with Crippen LogP contribution in [0, 0.1) is 0 Å². The van der Waals surface area contributed by atoms with Gasteiger partial charge >= 0.3 is 0 Å². The monoisotopic (exact) mass is 353 g/mol. The largest absolute Gasteiger partial charge is 0.376 e. The van der Waals surface area contributed by atoms with E-state index in [4.69, 9.17) is 0 Å². The maximum absolute atomic E-state index is 12.2. The highest BCUT2D eigenvalue weighted by molar-refractivity contribution is 5.96. The number of benzene rings is 2. The van der Waals surface area contributed by atoms with Crippen LogP contribution in [0.25, 0.3) is 0 Å². The van der Waals surface area contributed by atoms with E-state index in [-0.39, 0.29) is 23.8 Å². The Morgan fingerprint density at radius 2 is 1.58 bits per heavy atom. The summed E-state index contributed by atoms with van der Waals surface area (Å²) < 4.78 is 0. The number of nitrogens with one attached hydrogen (secondary N) is 2. The van der Waals surface area contributed by atoms with Crippen molar-refractivity contribution in [3.05, 3.63) is 59.7 Å². The van der Waals surface area contributed by atoms with Crippen molar-refractivity contribution in [3.8, 4) is 0 Å². The molecule has 2 rings (SSSR count). The van der Waals surface area contributed by atoms with Gasteiger partial charge in [-0.15, -0.1) is 0 Å². The molecule has 0 radical (unpaired) electrons. The molecule has 2 aromatic carbocycles. The topological polar surface area (TPSA) is 61.4 Å². The maximum Gasteiger partial charge on any atom is 0.253 e. The van der Waals surface area contributed by atoms with Crippen LogP contribution in [0.1, 0.15) is 36.7 Å². The van der Waals surface area contributed by atoms with Gasteiger partial charge in [-0.2, -0.15) is 0 Å². The second kappa shape index (κ2) is 8.04. The Balaban J connectivity index is 1.97. The summed E-state index contributed by atoms with van der Waals surface area (Å²) in [6.07, 6.45) is 0. The maximum atomic E-state index is 12.2.